The minimum atomic E-state index is 0.713. The summed E-state index contributed by atoms with van der Waals surface area (Å²) in [4.78, 5) is 14.5. The number of aromatic nitrogens is 4. The monoisotopic (exact) mass is 239 g/mol. The lowest BCUT2D eigenvalue weighted by Gasteiger charge is -1.94. The van der Waals surface area contributed by atoms with Crippen LogP contribution in [-0.4, -0.2) is 26.5 Å². The van der Waals surface area contributed by atoms with Gasteiger partial charge in [0.25, 0.3) is 0 Å². The molecule has 1 aliphatic heterocycles. The lowest BCUT2D eigenvalue weighted by molar-refractivity contribution is 1.11. The molecule has 0 amide bonds. The van der Waals surface area contributed by atoms with Crippen molar-refractivity contribution < 1.29 is 0 Å². The summed E-state index contributed by atoms with van der Waals surface area (Å²) in [6.07, 6.45) is 5.95. The van der Waals surface area contributed by atoms with Crippen molar-refractivity contribution in [3.63, 3.8) is 0 Å². The zero-order valence-electron chi connectivity index (χ0n) is 9.80. The van der Waals surface area contributed by atoms with E-state index in [1.165, 1.54) is 24.0 Å². The number of nitrogens with one attached hydrogen (secondary N) is 2. The maximum atomic E-state index is 3.91. The van der Waals surface area contributed by atoms with E-state index in [0.29, 0.717) is 5.65 Å². The number of H-pyrrole nitrogens is 1. The van der Waals surface area contributed by atoms with E-state index in [1.54, 1.807) is 12.5 Å². The summed E-state index contributed by atoms with van der Waals surface area (Å²) in [6, 6.07) is 8.46. The molecule has 3 heterocycles. The maximum absolute atomic E-state index is 3.91. The van der Waals surface area contributed by atoms with Crippen molar-refractivity contribution in [1.29, 1.82) is 0 Å². The molecule has 0 saturated heterocycles. The van der Waals surface area contributed by atoms with Crippen LogP contribution in [0.4, 0.5) is 5.69 Å². The van der Waals surface area contributed by atoms with E-state index in [0.717, 1.165) is 12.1 Å². The molecule has 0 saturated carbocycles. The smallest absolute Gasteiger partial charge is 0.180 e. The molecule has 5 heteroatoms. The van der Waals surface area contributed by atoms with Gasteiger partial charge in [0.1, 0.15) is 11.8 Å². The average molecular weight is 239 g/mol. The molecular formula is C13H13N5. The topological polar surface area (TPSA) is 66.5 Å². The summed E-state index contributed by atoms with van der Waals surface area (Å²) in [6.45, 7) is 1.11. The van der Waals surface area contributed by atoms with Crippen LogP contribution in [0.15, 0.2) is 43.1 Å². The zero-order chi connectivity index (χ0) is 12.2. The fourth-order valence-electron chi connectivity index (χ4n) is 1.93. The van der Waals surface area contributed by atoms with Crippen molar-refractivity contribution in [3.8, 4) is 0 Å². The molecule has 0 radical (unpaired) electrons. The van der Waals surface area contributed by atoms with Crippen molar-refractivity contribution in [2.45, 2.75) is 6.42 Å². The predicted molar refractivity (Wildman–Crippen MR) is 70.3 cm³/mol. The van der Waals surface area contributed by atoms with Crippen molar-refractivity contribution in [3.05, 3.63) is 48.7 Å². The number of nitrogens with zero attached hydrogens (tertiary/aromatic N) is 3. The molecule has 0 atom stereocenters. The Balaban J connectivity index is 0.000000111. The SMILES string of the molecule is c1ccc2c(c1)CCN2.c1ncc2[nH]cnc2n1. The number of fused-ring (bicyclic) bond motifs is 2. The van der Waals surface area contributed by atoms with Gasteiger partial charge in [-0.2, -0.15) is 0 Å². The second kappa shape index (κ2) is 4.83. The number of hydrogen-bond donors (Lipinski definition) is 2. The Morgan fingerprint density at radius 3 is 2.94 bits per heavy atom. The van der Waals surface area contributed by atoms with Gasteiger partial charge in [-0.25, -0.2) is 15.0 Å². The average Bonchev–Trinajstić information content (AvgIpc) is 3.08. The first kappa shape index (κ1) is 10.7. The lowest BCUT2D eigenvalue weighted by atomic mass is 10.2. The van der Waals surface area contributed by atoms with Crippen molar-refractivity contribution in [1.82, 2.24) is 19.9 Å². The van der Waals surface area contributed by atoms with Crippen LogP contribution in [0, 0.1) is 0 Å². The standard InChI is InChI=1S/C8H9N.C5H4N4/c1-2-4-8-7(3-1)5-6-9-8;1-4-5(8-2-6-1)9-3-7-4/h1-4,9H,5-6H2;1-3H,(H,6,7,8,9). The molecule has 0 bridgehead atoms. The van der Waals surface area contributed by atoms with Gasteiger partial charge in [0.2, 0.25) is 0 Å². The van der Waals surface area contributed by atoms with Crippen molar-refractivity contribution >= 4 is 16.9 Å². The summed E-state index contributed by atoms with van der Waals surface area (Å²) < 4.78 is 0. The van der Waals surface area contributed by atoms with Crippen molar-refractivity contribution in [2.24, 2.45) is 0 Å². The fourth-order valence-corrected chi connectivity index (χ4v) is 1.93. The number of para-hydroxylation sites is 1. The van der Waals surface area contributed by atoms with Gasteiger partial charge >= 0.3 is 0 Å². The highest BCUT2D eigenvalue weighted by Gasteiger charge is 2.05. The Labute approximate surface area is 104 Å². The number of aromatic amines is 1. The molecule has 2 aromatic heterocycles. The van der Waals surface area contributed by atoms with E-state index in [2.05, 4.69) is 49.5 Å². The van der Waals surface area contributed by atoms with Crippen LogP contribution in [0.25, 0.3) is 11.2 Å². The van der Waals surface area contributed by atoms with E-state index in [9.17, 15) is 0 Å². The van der Waals surface area contributed by atoms with E-state index >= 15 is 0 Å². The second-order valence-electron chi connectivity index (χ2n) is 4.00. The molecule has 5 nitrogen and oxygen atoms in total. The fraction of sp³-hybridized carbons (Fsp3) is 0.154. The van der Waals surface area contributed by atoms with Gasteiger partial charge in [-0.05, 0) is 18.1 Å². The molecule has 2 N–H and O–H groups in total. The summed E-state index contributed by atoms with van der Waals surface area (Å²) in [5.74, 6) is 0. The molecule has 4 rings (SSSR count). The summed E-state index contributed by atoms with van der Waals surface area (Å²) in [7, 11) is 0. The molecular weight excluding hydrogens is 226 g/mol. The third-order valence-corrected chi connectivity index (χ3v) is 2.83. The van der Waals surface area contributed by atoms with Gasteiger partial charge in [-0.3, -0.25) is 0 Å². The lowest BCUT2D eigenvalue weighted by Crippen LogP contribution is -1.90. The minimum absolute atomic E-state index is 0.713. The van der Waals surface area contributed by atoms with Crippen LogP contribution in [0.5, 0.6) is 0 Å². The highest BCUT2D eigenvalue weighted by molar-refractivity contribution is 5.67. The third kappa shape index (κ3) is 2.15. The third-order valence-electron chi connectivity index (χ3n) is 2.83. The summed E-state index contributed by atoms with van der Waals surface area (Å²) >= 11 is 0. The Hall–Kier alpha value is -2.43. The first-order chi connectivity index (χ1) is 8.93. The number of benzene rings is 1. The van der Waals surface area contributed by atoms with Gasteiger partial charge in [0, 0.05) is 12.2 Å². The normalized spacial score (nSPS) is 12.4. The van der Waals surface area contributed by atoms with Gasteiger partial charge in [-0.1, -0.05) is 18.2 Å². The van der Waals surface area contributed by atoms with Crippen LogP contribution in [-0.2, 0) is 6.42 Å². The van der Waals surface area contributed by atoms with Gasteiger partial charge < -0.3 is 10.3 Å². The van der Waals surface area contributed by atoms with Crippen LogP contribution in [0.3, 0.4) is 0 Å². The van der Waals surface area contributed by atoms with Crippen LogP contribution < -0.4 is 5.32 Å². The Morgan fingerprint density at radius 1 is 1.11 bits per heavy atom. The van der Waals surface area contributed by atoms with Gasteiger partial charge in [0.05, 0.1) is 12.5 Å². The molecule has 0 fully saturated rings. The number of anilines is 1. The molecule has 3 aromatic rings. The van der Waals surface area contributed by atoms with Crippen LogP contribution in [0.2, 0.25) is 0 Å². The Morgan fingerprint density at radius 2 is 2.06 bits per heavy atom. The molecule has 1 aliphatic rings. The first-order valence-electron chi connectivity index (χ1n) is 5.84. The Bertz CT molecular complexity index is 593. The summed E-state index contributed by atoms with van der Waals surface area (Å²) in [5.41, 5.74) is 4.36. The molecule has 0 aliphatic carbocycles. The van der Waals surface area contributed by atoms with E-state index in [4.69, 9.17) is 0 Å². The number of rotatable bonds is 0. The summed E-state index contributed by atoms with van der Waals surface area (Å²) in [5, 5.41) is 3.30. The van der Waals surface area contributed by atoms with E-state index in [1.807, 2.05) is 0 Å². The quantitative estimate of drug-likeness (QED) is 0.629. The highest BCUT2D eigenvalue weighted by Crippen LogP contribution is 2.19. The van der Waals surface area contributed by atoms with Crippen LogP contribution >= 0.6 is 0 Å². The first-order valence-corrected chi connectivity index (χ1v) is 5.84. The van der Waals surface area contributed by atoms with Crippen molar-refractivity contribution in [2.75, 3.05) is 11.9 Å². The molecule has 1 aromatic carbocycles. The molecule has 0 spiro atoms. The maximum Gasteiger partial charge on any atom is 0.180 e. The molecule has 90 valence electrons. The van der Waals surface area contributed by atoms with Gasteiger partial charge in [-0.15, -0.1) is 0 Å². The van der Waals surface area contributed by atoms with E-state index in [-0.39, 0.29) is 0 Å². The number of hydrogen-bond acceptors (Lipinski definition) is 4. The zero-order valence-corrected chi connectivity index (χ0v) is 9.80. The molecule has 18 heavy (non-hydrogen) atoms. The predicted octanol–water partition coefficient (Wildman–Crippen LogP) is 2.01. The second-order valence-corrected chi connectivity index (χ2v) is 4.00. The minimum Gasteiger partial charge on any atom is -0.384 e. The van der Waals surface area contributed by atoms with E-state index < -0.39 is 0 Å². The molecule has 0 unspecified atom stereocenters. The highest BCUT2D eigenvalue weighted by atomic mass is 15.0. The number of imidazole rings is 1. The van der Waals surface area contributed by atoms with Gasteiger partial charge in [0.15, 0.2) is 5.65 Å². The largest absolute Gasteiger partial charge is 0.384 e. The van der Waals surface area contributed by atoms with Crippen LogP contribution in [0.1, 0.15) is 5.56 Å². The Kier molecular flexibility index (Phi) is 2.87.